The molecule has 3 nitrogen and oxygen atoms in total. The number of hydrogen-bond donors (Lipinski definition) is 1. The number of carboxylic acids is 1. The van der Waals surface area contributed by atoms with Gasteiger partial charge in [0.2, 0.25) is 0 Å². The van der Waals surface area contributed by atoms with Crippen molar-refractivity contribution < 1.29 is 18.7 Å². The molecule has 0 saturated carbocycles. The standard InChI is InChI=1S/C9H9F2NO2/c1-12(2)6-4-3-5(9(13)14)7(10)8(6)11/h3-4H,1-2H3,(H,13,14). The molecule has 1 aromatic carbocycles. The van der Waals surface area contributed by atoms with Crippen LogP contribution in [0, 0.1) is 11.6 Å². The molecule has 0 spiro atoms. The average molecular weight is 201 g/mol. The lowest BCUT2D eigenvalue weighted by molar-refractivity contribution is 0.0690. The van der Waals surface area contributed by atoms with Crippen LogP contribution in [0.2, 0.25) is 0 Å². The minimum atomic E-state index is -1.48. The molecule has 0 aliphatic carbocycles. The first-order chi connectivity index (χ1) is 6.45. The number of nitrogens with zero attached hydrogens (tertiary/aromatic N) is 1. The Morgan fingerprint density at radius 2 is 1.86 bits per heavy atom. The summed E-state index contributed by atoms with van der Waals surface area (Å²) in [5.41, 5.74) is -0.638. The molecule has 14 heavy (non-hydrogen) atoms. The molecular weight excluding hydrogens is 192 g/mol. The molecule has 0 aliphatic heterocycles. The maximum Gasteiger partial charge on any atom is 0.338 e. The van der Waals surface area contributed by atoms with Crippen LogP contribution >= 0.6 is 0 Å². The van der Waals surface area contributed by atoms with E-state index in [1.165, 1.54) is 25.1 Å². The fraction of sp³-hybridized carbons (Fsp3) is 0.222. The van der Waals surface area contributed by atoms with Gasteiger partial charge in [0, 0.05) is 14.1 Å². The third-order valence-electron chi connectivity index (χ3n) is 1.77. The van der Waals surface area contributed by atoms with E-state index >= 15 is 0 Å². The van der Waals surface area contributed by atoms with Crippen LogP contribution in [0.4, 0.5) is 14.5 Å². The second kappa shape index (κ2) is 3.61. The van der Waals surface area contributed by atoms with Crippen LogP contribution in [-0.4, -0.2) is 25.2 Å². The Labute approximate surface area is 79.6 Å². The normalized spacial score (nSPS) is 10.0. The summed E-state index contributed by atoms with van der Waals surface area (Å²) in [4.78, 5) is 11.8. The Morgan fingerprint density at radius 3 is 2.29 bits per heavy atom. The van der Waals surface area contributed by atoms with Crippen molar-refractivity contribution in [3.05, 3.63) is 29.3 Å². The molecule has 0 amide bonds. The van der Waals surface area contributed by atoms with Gasteiger partial charge in [-0.2, -0.15) is 0 Å². The van der Waals surface area contributed by atoms with Gasteiger partial charge in [-0.15, -0.1) is 0 Å². The van der Waals surface area contributed by atoms with E-state index in [1.54, 1.807) is 0 Å². The average Bonchev–Trinajstić information content (AvgIpc) is 2.08. The largest absolute Gasteiger partial charge is 0.478 e. The molecule has 0 bridgehead atoms. The summed E-state index contributed by atoms with van der Waals surface area (Å²) < 4.78 is 26.3. The number of anilines is 1. The quantitative estimate of drug-likeness (QED) is 0.792. The van der Waals surface area contributed by atoms with E-state index < -0.39 is 23.2 Å². The van der Waals surface area contributed by atoms with Crippen molar-refractivity contribution in [1.29, 1.82) is 0 Å². The number of rotatable bonds is 2. The van der Waals surface area contributed by atoms with Crippen LogP contribution in [0.25, 0.3) is 0 Å². The lowest BCUT2D eigenvalue weighted by Crippen LogP contribution is -2.13. The van der Waals surface area contributed by atoms with E-state index in [9.17, 15) is 13.6 Å². The summed E-state index contributed by atoms with van der Waals surface area (Å²) in [6, 6.07) is 2.26. The van der Waals surface area contributed by atoms with E-state index in [0.29, 0.717) is 0 Å². The van der Waals surface area contributed by atoms with Gasteiger partial charge >= 0.3 is 5.97 Å². The second-order valence-electron chi connectivity index (χ2n) is 2.96. The van der Waals surface area contributed by atoms with Gasteiger partial charge in [0.25, 0.3) is 0 Å². The van der Waals surface area contributed by atoms with Crippen LogP contribution in [0.1, 0.15) is 10.4 Å². The summed E-state index contributed by atoms with van der Waals surface area (Å²) in [6.07, 6.45) is 0. The molecule has 0 aliphatic rings. The Hall–Kier alpha value is -1.65. The van der Waals surface area contributed by atoms with Gasteiger partial charge in [-0.05, 0) is 12.1 Å². The molecule has 0 saturated heterocycles. The van der Waals surface area contributed by atoms with Crippen LogP contribution in [0.3, 0.4) is 0 Å². The molecule has 0 radical (unpaired) electrons. The molecule has 1 N–H and O–H groups in total. The molecule has 0 unspecified atom stereocenters. The van der Waals surface area contributed by atoms with Crippen LogP contribution in [0.15, 0.2) is 12.1 Å². The Kier molecular flexibility index (Phi) is 2.69. The van der Waals surface area contributed by atoms with Crippen molar-refractivity contribution in [3.8, 4) is 0 Å². The van der Waals surface area contributed by atoms with Gasteiger partial charge in [0.15, 0.2) is 11.6 Å². The number of hydrogen-bond acceptors (Lipinski definition) is 2. The van der Waals surface area contributed by atoms with Crippen molar-refractivity contribution in [3.63, 3.8) is 0 Å². The fourth-order valence-corrected chi connectivity index (χ4v) is 1.05. The van der Waals surface area contributed by atoms with Crippen molar-refractivity contribution >= 4 is 11.7 Å². The first-order valence-corrected chi connectivity index (χ1v) is 3.83. The first-order valence-electron chi connectivity index (χ1n) is 3.83. The van der Waals surface area contributed by atoms with Crippen molar-refractivity contribution in [2.45, 2.75) is 0 Å². The maximum absolute atomic E-state index is 13.2. The van der Waals surface area contributed by atoms with Crippen LogP contribution < -0.4 is 4.90 Å². The molecular formula is C9H9F2NO2. The topological polar surface area (TPSA) is 40.5 Å². The van der Waals surface area contributed by atoms with Crippen LogP contribution in [0.5, 0.6) is 0 Å². The molecule has 5 heteroatoms. The third-order valence-corrected chi connectivity index (χ3v) is 1.77. The van der Waals surface area contributed by atoms with E-state index in [-0.39, 0.29) is 5.69 Å². The van der Waals surface area contributed by atoms with Gasteiger partial charge < -0.3 is 10.0 Å². The molecule has 0 aromatic heterocycles. The molecule has 0 atom stereocenters. The maximum atomic E-state index is 13.2. The van der Waals surface area contributed by atoms with Gasteiger partial charge in [-0.25, -0.2) is 13.6 Å². The highest BCUT2D eigenvalue weighted by Gasteiger charge is 2.18. The number of carbonyl (C=O) groups is 1. The highest BCUT2D eigenvalue weighted by Crippen LogP contribution is 2.22. The van der Waals surface area contributed by atoms with Gasteiger partial charge in [0.05, 0.1) is 11.3 Å². The smallest absolute Gasteiger partial charge is 0.338 e. The number of carboxylic acid groups (broad SMARTS) is 1. The predicted octanol–water partition coefficient (Wildman–Crippen LogP) is 1.73. The lowest BCUT2D eigenvalue weighted by atomic mass is 10.1. The minimum Gasteiger partial charge on any atom is -0.478 e. The van der Waals surface area contributed by atoms with Crippen molar-refractivity contribution in [1.82, 2.24) is 0 Å². The van der Waals surface area contributed by atoms with E-state index in [2.05, 4.69) is 0 Å². The van der Waals surface area contributed by atoms with Gasteiger partial charge in [0.1, 0.15) is 0 Å². The summed E-state index contributed by atoms with van der Waals surface area (Å²) in [7, 11) is 3.08. The molecule has 76 valence electrons. The number of benzene rings is 1. The van der Waals surface area contributed by atoms with Crippen LogP contribution in [-0.2, 0) is 0 Å². The van der Waals surface area contributed by atoms with E-state index in [1.807, 2.05) is 0 Å². The van der Waals surface area contributed by atoms with Gasteiger partial charge in [-0.1, -0.05) is 0 Å². The zero-order valence-corrected chi connectivity index (χ0v) is 7.71. The number of halogens is 2. The monoisotopic (exact) mass is 201 g/mol. The highest BCUT2D eigenvalue weighted by atomic mass is 19.2. The Morgan fingerprint density at radius 1 is 1.29 bits per heavy atom. The Balaban J connectivity index is 3.33. The number of aromatic carboxylic acids is 1. The molecule has 0 fully saturated rings. The summed E-state index contributed by atoms with van der Waals surface area (Å²) in [5.74, 6) is -3.95. The molecule has 1 aromatic rings. The zero-order chi connectivity index (χ0) is 10.9. The summed E-state index contributed by atoms with van der Waals surface area (Å²) >= 11 is 0. The molecule has 1 rings (SSSR count). The van der Waals surface area contributed by atoms with Crippen molar-refractivity contribution in [2.24, 2.45) is 0 Å². The SMILES string of the molecule is CN(C)c1ccc(C(=O)O)c(F)c1F. The lowest BCUT2D eigenvalue weighted by Gasteiger charge is -2.14. The van der Waals surface area contributed by atoms with E-state index in [4.69, 9.17) is 5.11 Å². The predicted molar refractivity (Wildman–Crippen MR) is 47.6 cm³/mol. The van der Waals surface area contributed by atoms with E-state index in [0.717, 1.165) is 6.07 Å². The molecule has 0 heterocycles. The Bertz CT molecular complexity index is 377. The summed E-state index contributed by atoms with van der Waals surface area (Å²) in [6.45, 7) is 0. The van der Waals surface area contributed by atoms with Crippen molar-refractivity contribution in [2.75, 3.05) is 19.0 Å². The second-order valence-corrected chi connectivity index (χ2v) is 2.96. The minimum absolute atomic E-state index is 0.0208. The van der Waals surface area contributed by atoms with Gasteiger partial charge in [-0.3, -0.25) is 0 Å². The first kappa shape index (κ1) is 10.4. The highest BCUT2D eigenvalue weighted by molar-refractivity contribution is 5.88. The fourth-order valence-electron chi connectivity index (χ4n) is 1.05. The summed E-state index contributed by atoms with van der Waals surface area (Å²) in [5, 5.41) is 8.50. The third kappa shape index (κ3) is 1.66. The zero-order valence-electron chi connectivity index (χ0n) is 7.71.